The molecule has 2 aliphatic rings. The second kappa shape index (κ2) is 7.45. The van der Waals surface area contributed by atoms with Crippen LogP contribution in [0.25, 0.3) is 0 Å². The summed E-state index contributed by atoms with van der Waals surface area (Å²) in [4.78, 5) is 0. The zero-order valence-corrected chi connectivity index (χ0v) is 14.0. The van der Waals surface area contributed by atoms with Crippen LogP contribution in [0.3, 0.4) is 0 Å². The standard InChI is InChI=1S/C14H16Cl2N.ClHO4/c15-11-5-3-6-12(16)14(11)13-8-7-10-4-1-2-9-17(10)13;2-1(3,4)5/h3,5-6,10H,1-2,4,7-9H2;(H,2,3,4,5)/q+1;/p-1. The number of nitrogens with zero attached hydrogens (tertiary/aromatic N) is 1. The lowest BCUT2D eigenvalue weighted by molar-refractivity contribution is -2.00. The summed E-state index contributed by atoms with van der Waals surface area (Å²) >= 11 is 12.6. The third-order valence-corrected chi connectivity index (χ3v) is 4.57. The number of piperidine rings is 1. The van der Waals surface area contributed by atoms with E-state index in [2.05, 4.69) is 4.58 Å². The Morgan fingerprint density at radius 1 is 1.00 bits per heavy atom. The third-order valence-electron chi connectivity index (χ3n) is 3.94. The van der Waals surface area contributed by atoms with Crippen LogP contribution >= 0.6 is 23.2 Å². The molecule has 1 aromatic carbocycles. The Hall–Kier alpha value is -0.400. The Bertz CT molecular complexity index is 545. The number of rotatable bonds is 1. The molecule has 1 atom stereocenters. The van der Waals surface area contributed by atoms with Gasteiger partial charge < -0.3 is 0 Å². The van der Waals surface area contributed by atoms with E-state index in [-0.39, 0.29) is 0 Å². The number of halogens is 3. The van der Waals surface area contributed by atoms with Crippen molar-refractivity contribution in [1.29, 1.82) is 0 Å². The Balaban J connectivity index is 0.000000309. The Labute approximate surface area is 141 Å². The summed E-state index contributed by atoms with van der Waals surface area (Å²) in [5.41, 5.74) is 2.44. The fraction of sp³-hybridized carbons (Fsp3) is 0.500. The quantitative estimate of drug-likeness (QED) is 0.618. The van der Waals surface area contributed by atoms with E-state index in [0.29, 0.717) is 0 Å². The van der Waals surface area contributed by atoms with Crippen LogP contribution in [0.1, 0.15) is 37.7 Å². The van der Waals surface area contributed by atoms with E-state index in [1.165, 1.54) is 37.9 Å². The molecule has 0 saturated carbocycles. The number of fused-ring (bicyclic) bond motifs is 1. The van der Waals surface area contributed by atoms with Crippen molar-refractivity contribution in [2.45, 2.75) is 38.1 Å². The first-order valence-electron chi connectivity index (χ1n) is 6.96. The number of hydrogen-bond donors (Lipinski definition) is 0. The summed E-state index contributed by atoms with van der Waals surface area (Å²) in [5, 5.41) is 1.58. The highest BCUT2D eigenvalue weighted by Crippen LogP contribution is 2.32. The molecule has 1 aromatic rings. The van der Waals surface area contributed by atoms with Gasteiger partial charge in [-0.05, 0) is 18.6 Å². The van der Waals surface area contributed by atoms with Gasteiger partial charge in [0.1, 0.15) is 6.54 Å². The molecule has 122 valence electrons. The summed E-state index contributed by atoms with van der Waals surface area (Å²) in [6.07, 6.45) is 6.36. The highest BCUT2D eigenvalue weighted by Gasteiger charge is 2.36. The van der Waals surface area contributed by atoms with Gasteiger partial charge in [0.15, 0.2) is 11.8 Å². The van der Waals surface area contributed by atoms with Crippen LogP contribution in [0.2, 0.25) is 10.0 Å². The fourth-order valence-corrected chi connectivity index (χ4v) is 3.76. The minimum Gasteiger partial charge on any atom is -0.230 e. The van der Waals surface area contributed by atoms with Crippen molar-refractivity contribution < 1.29 is 33.5 Å². The van der Waals surface area contributed by atoms with Gasteiger partial charge in [-0.3, -0.25) is 0 Å². The molecule has 2 heterocycles. The van der Waals surface area contributed by atoms with E-state index in [1.54, 1.807) is 0 Å². The Kier molecular flexibility index (Phi) is 6.07. The van der Waals surface area contributed by atoms with Crippen LogP contribution < -0.4 is 18.6 Å². The van der Waals surface area contributed by atoms with Gasteiger partial charge in [0.2, 0.25) is 0 Å². The van der Waals surface area contributed by atoms with E-state index in [1.807, 2.05) is 18.2 Å². The van der Waals surface area contributed by atoms with Gasteiger partial charge in [-0.2, -0.15) is 0 Å². The molecule has 0 N–H and O–H groups in total. The maximum Gasteiger partial charge on any atom is 0.186 e. The highest BCUT2D eigenvalue weighted by molar-refractivity contribution is 6.39. The van der Waals surface area contributed by atoms with Crippen molar-refractivity contribution in [3.63, 3.8) is 0 Å². The van der Waals surface area contributed by atoms with Crippen LogP contribution in [0.4, 0.5) is 0 Å². The van der Waals surface area contributed by atoms with E-state index in [4.69, 9.17) is 41.8 Å². The Morgan fingerprint density at radius 2 is 1.59 bits per heavy atom. The highest BCUT2D eigenvalue weighted by atomic mass is 35.7. The molecular formula is C14H16Cl3NO4. The average Bonchev–Trinajstić information content (AvgIpc) is 2.81. The van der Waals surface area contributed by atoms with E-state index >= 15 is 0 Å². The lowest BCUT2D eigenvalue weighted by Gasteiger charge is -2.17. The van der Waals surface area contributed by atoms with Crippen LogP contribution in [-0.2, 0) is 0 Å². The molecule has 5 nitrogen and oxygen atoms in total. The van der Waals surface area contributed by atoms with Gasteiger partial charge in [0.25, 0.3) is 0 Å². The van der Waals surface area contributed by atoms with Gasteiger partial charge in [-0.1, -0.05) is 29.3 Å². The van der Waals surface area contributed by atoms with Gasteiger partial charge in [-0.15, -0.1) is 10.2 Å². The molecule has 8 heteroatoms. The van der Waals surface area contributed by atoms with Crippen molar-refractivity contribution in [2.24, 2.45) is 0 Å². The fourth-order valence-electron chi connectivity index (χ4n) is 3.15. The summed E-state index contributed by atoms with van der Waals surface area (Å²) in [7, 11) is -4.94. The maximum absolute atomic E-state index is 8.49. The van der Waals surface area contributed by atoms with Crippen molar-refractivity contribution in [3.8, 4) is 0 Å². The molecule has 0 aliphatic carbocycles. The molecule has 22 heavy (non-hydrogen) atoms. The molecule has 0 bridgehead atoms. The third kappa shape index (κ3) is 4.80. The lowest BCUT2D eigenvalue weighted by Crippen LogP contribution is -2.68. The van der Waals surface area contributed by atoms with Crippen molar-refractivity contribution in [2.75, 3.05) is 6.54 Å². The predicted octanol–water partition coefficient (Wildman–Crippen LogP) is -0.615. The van der Waals surface area contributed by atoms with Crippen molar-refractivity contribution in [1.82, 2.24) is 0 Å². The van der Waals surface area contributed by atoms with E-state index in [9.17, 15) is 0 Å². The van der Waals surface area contributed by atoms with E-state index in [0.717, 1.165) is 28.1 Å². The molecule has 0 spiro atoms. The zero-order chi connectivity index (χ0) is 16.3. The van der Waals surface area contributed by atoms with Crippen LogP contribution in [0.5, 0.6) is 0 Å². The molecule has 1 unspecified atom stereocenters. The molecule has 0 radical (unpaired) electrons. The van der Waals surface area contributed by atoms with Gasteiger partial charge in [0, 0.05) is 25.7 Å². The largest absolute Gasteiger partial charge is 0.230 e. The summed E-state index contributed by atoms with van der Waals surface area (Å²) in [5.74, 6) is 0. The smallest absolute Gasteiger partial charge is 0.186 e. The van der Waals surface area contributed by atoms with Gasteiger partial charge in [-0.25, -0.2) is 23.2 Å². The van der Waals surface area contributed by atoms with Crippen LogP contribution in [0, 0.1) is 10.2 Å². The second-order valence-electron chi connectivity index (χ2n) is 5.30. The predicted molar refractivity (Wildman–Crippen MR) is 72.6 cm³/mol. The molecule has 3 rings (SSSR count). The molecule has 1 saturated heterocycles. The molecule has 1 fully saturated rings. The van der Waals surface area contributed by atoms with Crippen LogP contribution in [-0.4, -0.2) is 22.9 Å². The Morgan fingerprint density at radius 3 is 2.18 bits per heavy atom. The first kappa shape index (κ1) is 17.9. The average molecular weight is 369 g/mol. The monoisotopic (exact) mass is 367 g/mol. The minimum absolute atomic E-state index is 0.728. The second-order valence-corrected chi connectivity index (χ2v) is 6.87. The first-order chi connectivity index (χ1) is 10.3. The summed E-state index contributed by atoms with van der Waals surface area (Å²) in [6, 6.07) is 6.52. The van der Waals surface area contributed by atoms with Crippen molar-refractivity contribution in [3.05, 3.63) is 33.8 Å². The van der Waals surface area contributed by atoms with Crippen LogP contribution in [0.15, 0.2) is 18.2 Å². The minimum atomic E-state index is -4.94. The van der Waals surface area contributed by atoms with E-state index < -0.39 is 10.2 Å². The molecule has 0 amide bonds. The van der Waals surface area contributed by atoms with Gasteiger partial charge in [0.05, 0.1) is 15.6 Å². The number of hydrogen-bond acceptors (Lipinski definition) is 4. The maximum atomic E-state index is 8.49. The first-order valence-corrected chi connectivity index (χ1v) is 8.95. The molecule has 0 aromatic heterocycles. The SMILES string of the molecule is Clc1cccc(Cl)c1C1=[N+]2CCCCC2CC1.[O-][Cl+3]([O-])([O-])[O-]. The van der Waals surface area contributed by atoms with Crippen molar-refractivity contribution >= 4 is 28.9 Å². The lowest BCUT2D eigenvalue weighted by atomic mass is 10.0. The normalized spacial score (nSPS) is 21.3. The molecule has 2 aliphatic heterocycles. The number of benzene rings is 1. The topological polar surface area (TPSA) is 95.2 Å². The molecular weight excluding hydrogens is 353 g/mol. The summed E-state index contributed by atoms with van der Waals surface area (Å²) in [6.45, 7) is 1.17. The zero-order valence-electron chi connectivity index (χ0n) is 11.8. The summed E-state index contributed by atoms with van der Waals surface area (Å²) < 4.78 is 36.5. The van der Waals surface area contributed by atoms with Gasteiger partial charge >= 0.3 is 0 Å².